The summed E-state index contributed by atoms with van der Waals surface area (Å²) in [5.41, 5.74) is 1.01. The van der Waals surface area contributed by atoms with E-state index in [0.29, 0.717) is 5.92 Å². The molecule has 0 spiro atoms. The lowest BCUT2D eigenvalue weighted by molar-refractivity contribution is -0.274. The van der Waals surface area contributed by atoms with Gasteiger partial charge in [-0.2, -0.15) is 0 Å². The number of rotatable bonds is 5. The first-order chi connectivity index (χ1) is 9.98. The van der Waals surface area contributed by atoms with E-state index in [1.54, 1.807) is 12.1 Å². The van der Waals surface area contributed by atoms with E-state index in [-0.39, 0.29) is 11.8 Å². The molecule has 1 unspecified atom stereocenters. The molecule has 1 aromatic rings. The summed E-state index contributed by atoms with van der Waals surface area (Å²) in [6.45, 7) is 0. The highest BCUT2D eigenvalue weighted by Crippen LogP contribution is 2.32. The average molecular weight is 301 g/mol. The SMILES string of the molecule is CNC(CC1CCCCC1)c1ccc(OC(F)(F)F)cc1. The van der Waals surface area contributed by atoms with E-state index in [4.69, 9.17) is 0 Å². The van der Waals surface area contributed by atoms with Gasteiger partial charge in [-0.1, -0.05) is 44.2 Å². The van der Waals surface area contributed by atoms with E-state index >= 15 is 0 Å². The first kappa shape index (κ1) is 16.1. The van der Waals surface area contributed by atoms with E-state index in [0.717, 1.165) is 12.0 Å². The smallest absolute Gasteiger partial charge is 0.406 e. The average Bonchev–Trinajstić information content (AvgIpc) is 2.45. The molecule has 1 fully saturated rings. The zero-order chi connectivity index (χ0) is 15.3. The molecule has 1 aromatic carbocycles. The molecule has 1 aliphatic carbocycles. The van der Waals surface area contributed by atoms with E-state index in [9.17, 15) is 13.2 Å². The van der Waals surface area contributed by atoms with Crippen molar-refractivity contribution in [3.8, 4) is 5.75 Å². The van der Waals surface area contributed by atoms with Crippen molar-refractivity contribution in [2.45, 2.75) is 50.9 Å². The van der Waals surface area contributed by atoms with Crippen LogP contribution in [0.4, 0.5) is 13.2 Å². The van der Waals surface area contributed by atoms with Crippen molar-refractivity contribution in [1.82, 2.24) is 5.32 Å². The maximum Gasteiger partial charge on any atom is 0.573 e. The summed E-state index contributed by atoms with van der Waals surface area (Å²) >= 11 is 0. The van der Waals surface area contributed by atoms with Gasteiger partial charge in [0.25, 0.3) is 0 Å². The number of ether oxygens (including phenoxy) is 1. The van der Waals surface area contributed by atoms with Crippen LogP contribution in [-0.4, -0.2) is 13.4 Å². The maximum absolute atomic E-state index is 12.1. The van der Waals surface area contributed by atoms with Gasteiger partial charge < -0.3 is 10.1 Å². The first-order valence-electron chi connectivity index (χ1n) is 7.51. The third-order valence-electron chi connectivity index (χ3n) is 4.16. The fourth-order valence-corrected chi connectivity index (χ4v) is 3.08. The molecule has 1 aliphatic rings. The summed E-state index contributed by atoms with van der Waals surface area (Å²) in [5.74, 6) is 0.543. The number of halogens is 3. The lowest BCUT2D eigenvalue weighted by Gasteiger charge is -2.26. The number of hydrogen-bond acceptors (Lipinski definition) is 2. The molecule has 0 bridgehead atoms. The fourth-order valence-electron chi connectivity index (χ4n) is 3.08. The Bertz CT molecular complexity index is 424. The molecule has 0 heterocycles. The molecule has 0 saturated heterocycles. The molecule has 0 aliphatic heterocycles. The Hall–Kier alpha value is -1.23. The Morgan fingerprint density at radius 1 is 1.14 bits per heavy atom. The highest BCUT2D eigenvalue weighted by molar-refractivity contribution is 5.29. The van der Waals surface area contributed by atoms with Crippen molar-refractivity contribution in [3.05, 3.63) is 29.8 Å². The molecule has 118 valence electrons. The van der Waals surface area contributed by atoms with Crippen molar-refractivity contribution >= 4 is 0 Å². The Balaban J connectivity index is 1.97. The van der Waals surface area contributed by atoms with Crippen LogP contribution in [0, 0.1) is 5.92 Å². The number of benzene rings is 1. The zero-order valence-electron chi connectivity index (χ0n) is 12.2. The highest BCUT2D eigenvalue weighted by atomic mass is 19.4. The summed E-state index contributed by atoms with van der Waals surface area (Å²) in [6, 6.07) is 6.38. The molecular weight excluding hydrogens is 279 g/mol. The normalized spacial score (nSPS) is 18.5. The molecular formula is C16H22F3NO. The fraction of sp³-hybridized carbons (Fsp3) is 0.625. The van der Waals surface area contributed by atoms with Gasteiger partial charge in [0.2, 0.25) is 0 Å². The van der Waals surface area contributed by atoms with Gasteiger partial charge in [-0.15, -0.1) is 13.2 Å². The molecule has 5 heteroatoms. The monoisotopic (exact) mass is 301 g/mol. The standard InChI is InChI=1S/C16H22F3NO/c1-20-15(11-12-5-3-2-4-6-12)13-7-9-14(10-8-13)21-16(17,18)19/h7-10,12,15,20H,2-6,11H2,1H3. The van der Waals surface area contributed by atoms with Crippen LogP contribution < -0.4 is 10.1 Å². The summed E-state index contributed by atoms with van der Waals surface area (Å²) in [7, 11) is 1.90. The van der Waals surface area contributed by atoms with Gasteiger partial charge >= 0.3 is 6.36 Å². The van der Waals surface area contributed by atoms with Crippen molar-refractivity contribution in [2.24, 2.45) is 5.92 Å². The van der Waals surface area contributed by atoms with Gasteiger partial charge in [0.15, 0.2) is 0 Å². The minimum Gasteiger partial charge on any atom is -0.406 e. The van der Waals surface area contributed by atoms with E-state index in [1.807, 2.05) is 7.05 Å². The van der Waals surface area contributed by atoms with Gasteiger partial charge in [-0.05, 0) is 37.1 Å². The van der Waals surface area contributed by atoms with Gasteiger partial charge in [-0.3, -0.25) is 0 Å². The molecule has 0 radical (unpaired) electrons. The maximum atomic E-state index is 12.1. The van der Waals surface area contributed by atoms with Crippen LogP contribution >= 0.6 is 0 Å². The van der Waals surface area contributed by atoms with Crippen LogP contribution in [0.1, 0.15) is 50.1 Å². The molecule has 0 aromatic heterocycles. The predicted molar refractivity (Wildman–Crippen MR) is 76.1 cm³/mol. The Morgan fingerprint density at radius 3 is 2.29 bits per heavy atom. The third-order valence-corrected chi connectivity index (χ3v) is 4.16. The third kappa shape index (κ3) is 5.23. The van der Waals surface area contributed by atoms with Crippen molar-refractivity contribution in [3.63, 3.8) is 0 Å². The Morgan fingerprint density at radius 2 is 1.76 bits per heavy atom. The van der Waals surface area contributed by atoms with Crippen LogP contribution in [0.5, 0.6) is 5.75 Å². The molecule has 1 atom stereocenters. The number of nitrogens with one attached hydrogen (secondary N) is 1. The van der Waals surface area contributed by atoms with Crippen molar-refractivity contribution in [2.75, 3.05) is 7.05 Å². The second kappa shape index (κ2) is 7.16. The Kier molecular flexibility index (Phi) is 5.51. The second-order valence-corrected chi connectivity index (χ2v) is 5.70. The summed E-state index contributed by atoms with van der Waals surface area (Å²) in [4.78, 5) is 0. The summed E-state index contributed by atoms with van der Waals surface area (Å²) < 4.78 is 40.3. The Labute approximate surface area is 123 Å². The van der Waals surface area contributed by atoms with Gasteiger partial charge in [0, 0.05) is 6.04 Å². The van der Waals surface area contributed by atoms with Gasteiger partial charge in [0.05, 0.1) is 0 Å². The van der Waals surface area contributed by atoms with E-state index in [2.05, 4.69) is 10.1 Å². The molecule has 1 saturated carbocycles. The van der Waals surface area contributed by atoms with E-state index in [1.165, 1.54) is 44.2 Å². The summed E-state index contributed by atoms with van der Waals surface area (Å²) in [6.07, 6.45) is 2.83. The largest absolute Gasteiger partial charge is 0.573 e. The lowest BCUT2D eigenvalue weighted by atomic mass is 9.83. The van der Waals surface area contributed by atoms with Gasteiger partial charge in [-0.25, -0.2) is 0 Å². The van der Waals surface area contributed by atoms with Crippen LogP contribution in [-0.2, 0) is 0 Å². The lowest BCUT2D eigenvalue weighted by Crippen LogP contribution is -2.21. The van der Waals surface area contributed by atoms with Crippen LogP contribution in [0.3, 0.4) is 0 Å². The van der Waals surface area contributed by atoms with Crippen molar-refractivity contribution in [1.29, 1.82) is 0 Å². The molecule has 0 amide bonds. The second-order valence-electron chi connectivity index (χ2n) is 5.70. The molecule has 21 heavy (non-hydrogen) atoms. The van der Waals surface area contributed by atoms with Crippen LogP contribution in [0.15, 0.2) is 24.3 Å². The molecule has 2 rings (SSSR count). The minimum atomic E-state index is -4.63. The highest BCUT2D eigenvalue weighted by Gasteiger charge is 2.31. The minimum absolute atomic E-state index is 0.168. The predicted octanol–water partition coefficient (Wildman–Crippen LogP) is 4.82. The number of hydrogen-bond donors (Lipinski definition) is 1. The quantitative estimate of drug-likeness (QED) is 0.842. The number of alkyl halides is 3. The molecule has 1 N–H and O–H groups in total. The van der Waals surface area contributed by atoms with Crippen LogP contribution in [0.25, 0.3) is 0 Å². The van der Waals surface area contributed by atoms with E-state index < -0.39 is 6.36 Å². The topological polar surface area (TPSA) is 21.3 Å². The zero-order valence-corrected chi connectivity index (χ0v) is 12.2. The molecule has 2 nitrogen and oxygen atoms in total. The van der Waals surface area contributed by atoms with Crippen LogP contribution in [0.2, 0.25) is 0 Å². The van der Waals surface area contributed by atoms with Crippen molar-refractivity contribution < 1.29 is 17.9 Å². The van der Waals surface area contributed by atoms with Gasteiger partial charge in [0.1, 0.15) is 5.75 Å². The first-order valence-corrected chi connectivity index (χ1v) is 7.51. The summed E-state index contributed by atoms with van der Waals surface area (Å²) in [5, 5.41) is 3.27.